The van der Waals surface area contributed by atoms with E-state index in [1.54, 1.807) is 38.1 Å². The maximum atomic E-state index is 12.5. The number of hydrogen-bond acceptors (Lipinski definition) is 5. The van der Waals surface area contributed by atoms with Crippen LogP contribution >= 0.6 is 0 Å². The van der Waals surface area contributed by atoms with Crippen LogP contribution in [0.4, 0.5) is 16.2 Å². The lowest BCUT2D eigenvalue weighted by Crippen LogP contribution is -2.25. The molecule has 2 aromatic rings. The van der Waals surface area contributed by atoms with Crippen molar-refractivity contribution in [3.8, 4) is 0 Å². The topological polar surface area (TPSA) is 76.7 Å². The van der Waals surface area contributed by atoms with Gasteiger partial charge in [-0.3, -0.25) is 5.32 Å². The lowest BCUT2D eigenvalue weighted by molar-refractivity contribution is -0.144. The zero-order valence-corrected chi connectivity index (χ0v) is 14.3. The smallest absolute Gasteiger partial charge is 0.411 e. The quantitative estimate of drug-likeness (QED) is 0.745. The number of anilines is 2. The van der Waals surface area contributed by atoms with E-state index in [2.05, 4.69) is 10.6 Å². The number of carbonyl (C=O) groups excluding carboxylic acids is 2. The first-order chi connectivity index (χ1) is 12.2. The SMILES string of the molecule is CCOC(=O)Nc1ccccc1C(Nc1ccccc1)C(=O)OCC. The van der Waals surface area contributed by atoms with Gasteiger partial charge in [0.1, 0.15) is 0 Å². The van der Waals surface area contributed by atoms with Gasteiger partial charge in [-0.1, -0.05) is 36.4 Å². The second-order valence-corrected chi connectivity index (χ2v) is 5.13. The Morgan fingerprint density at radius 1 is 0.920 bits per heavy atom. The maximum absolute atomic E-state index is 12.5. The number of benzene rings is 2. The summed E-state index contributed by atoms with van der Waals surface area (Å²) in [5.74, 6) is -0.426. The molecule has 2 rings (SSSR count). The van der Waals surface area contributed by atoms with Crippen LogP contribution in [0.2, 0.25) is 0 Å². The van der Waals surface area contributed by atoms with Gasteiger partial charge in [-0.2, -0.15) is 0 Å². The molecule has 1 amide bonds. The van der Waals surface area contributed by atoms with E-state index in [4.69, 9.17) is 9.47 Å². The molecule has 0 aliphatic heterocycles. The average molecular weight is 342 g/mol. The molecule has 0 aliphatic rings. The second kappa shape index (κ2) is 9.32. The monoisotopic (exact) mass is 342 g/mol. The molecule has 0 aliphatic carbocycles. The number of rotatable bonds is 7. The fraction of sp³-hybridized carbons (Fsp3) is 0.263. The zero-order valence-electron chi connectivity index (χ0n) is 14.3. The molecule has 0 fully saturated rings. The summed E-state index contributed by atoms with van der Waals surface area (Å²) >= 11 is 0. The molecular formula is C19H22N2O4. The third-order valence-electron chi connectivity index (χ3n) is 3.39. The summed E-state index contributed by atoms with van der Waals surface area (Å²) in [7, 11) is 0. The highest BCUT2D eigenvalue weighted by atomic mass is 16.5. The molecule has 0 spiro atoms. The van der Waals surface area contributed by atoms with E-state index in [1.807, 2.05) is 30.3 Å². The van der Waals surface area contributed by atoms with Gasteiger partial charge in [0.05, 0.1) is 13.2 Å². The normalized spacial score (nSPS) is 11.3. The predicted octanol–water partition coefficient (Wildman–Crippen LogP) is 3.97. The molecule has 1 atom stereocenters. The highest BCUT2D eigenvalue weighted by Gasteiger charge is 2.25. The Labute approximate surface area is 147 Å². The van der Waals surface area contributed by atoms with Gasteiger partial charge in [0.2, 0.25) is 0 Å². The van der Waals surface area contributed by atoms with Gasteiger partial charge in [-0.05, 0) is 32.0 Å². The van der Waals surface area contributed by atoms with Crippen molar-refractivity contribution < 1.29 is 19.1 Å². The molecule has 6 heteroatoms. The number of para-hydroxylation sites is 2. The molecule has 0 aromatic heterocycles. The van der Waals surface area contributed by atoms with Crippen LogP contribution in [0.5, 0.6) is 0 Å². The van der Waals surface area contributed by atoms with Gasteiger partial charge in [0, 0.05) is 16.9 Å². The van der Waals surface area contributed by atoms with Crippen LogP contribution in [0, 0.1) is 0 Å². The molecule has 2 N–H and O–H groups in total. The fourth-order valence-electron chi connectivity index (χ4n) is 2.33. The average Bonchev–Trinajstić information content (AvgIpc) is 2.61. The number of ether oxygens (including phenoxy) is 2. The second-order valence-electron chi connectivity index (χ2n) is 5.13. The lowest BCUT2D eigenvalue weighted by atomic mass is 10.0. The maximum Gasteiger partial charge on any atom is 0.411 e. The summed E-state index contributed by atoms with van der Waals surface area (Å²) < 4.78 is 10.1. The molecule has 1 unspecified atom stereocenters. The summed E-state index contributed by atoms with van der Waals surface area (Å²) in [6, 6.07) is 15.6. The van der Waals surface area contributed by atoms with Crippen LogP contribution in [0.1, 0.15) is 25.5 Å². The standard InChI is InChI=1S/C19H22N2O4/c1-3-24-18(22)17(20-14-10-6-5-7-11-14)15-12-8-9-13-16(15)21-19(23)25-4-2/h5-13,17,20H,3-4H2,1-2H3,(H,21,23). The Bertz CT molecular complexity index is 704. The van der Waals surface area contributed by atoms with Crippen molar-refractivity contribution in [3.63, 3.8) is 0 Å². The van der Waals surface area contributed by atoms with Crippen LogP contribution < -0.4 is 10.6 Å². The minimum atomic E-state index is -0.763. The number of carbonyl (C=O) groups is 2. The first-order valence-corrected chi connectivity index (χ1v) is 8.16. The van der Waals surface area contributed by atoms with E-state index in [0.717, 1.165) is 5.69 Å². The Morgan fingerprint density at radius 2 is 1.56 bits per heavy atom. The molecule has 2 aromatic carbocycles. The lowest BCUT2D eigenvalue weighted by Gasteiger charge is -2.21. The van der Waals surface area contributed by atoms with Crippen molar-refractivity contribution in [1.82, 2.24) is 0 Å². The van der Waals surface area contributed by atoms with Gasteiger partial charge in [0.25, 0.3) is 0 Å². The summed E-state index contributed by atoms with van der Waals surface area (Å²) in [6.07, 6.45) is -0.572. The van der Waals surface area contributed by atoms with Gasteiger partial charge in [-0.25, -0.2) is 9.59 Å². The third-order valence-corrected chi connectivity index (χ3v) is 3.39. The van der Waals surface area contributed by atoms with Crippen molar-refractivity contribution in [2.24, 2.45) is 0 Å². The largest absolute Gasteiger partial charge is 0.464 e. The van der Waals surface area contributed by atoms with Crippen molar-refractivity contribution in [2.75, 3.05) is 23.8 Å². The van der Waals surface area contributed by atoms with E-state index in [1.165, 1.54) is 0 Å². The van der Waals surface area contributed by atoms with Crippen molar-refractivity contribution in [2.45, 2.75) is 19.9 Å². The molecule has 132 valence electrons. The summed E-state index contributed by atoms with van der Waals surface area (Å²) in [6.45, 7) is 4.00. The summed E-state index contributed by atoms with van der Waals surface area (Å²) in [5.41, 5.74) is 1.85. The van der Waals surface area contributed by atoms with E-state index < -0.39 is 18.1 Å². The number of esters is 1. The van der Waals surface area contributed by atoms with Crippen molar-refractivity contribution in [1.29, 1.82) is 0 Å². The van der Waals surface area contributed by atoms with Crippen molar-refractivity contribution in [3.05, 3.63) is 60.2 Å². The number of nitrogens with one attached hydrogen (secondary N) is 2. The van der Waals surface area contributed by atoms with E-state index in [9.17, 15) is 9.59 Å². The van der Waals surface area contributed by atoms with Crippen LogP contribution in [-0.4, -0.2) is 25.3 Å². The Hall–Kier alpha value is -3.02. The first-order valence-electron chi connectivity index (χ1n) is 8.16. The van der Waals surface area contributed by atoms with Gasteiger partial charge < -0.3 is 14.8 Å². The Kier molecular flexibility index (Phi) is 6.83. The van der Waals surface area contributed by atoms with Gasteiger partial charge in [0.15, 0.2) is 6.04 Å². The first kappa shape index (κ1) is 18.3. The molecule has 0 saturated heterocycles. The predicted molar refractivity (Wildman–Crippen MR) is 96.5 cm³/mol. The van der Waals surface area contributed by atoms with E-state index >= 15 is 0 Å². The van der Waals surface area contributed by atoms with Crippen LogP contribution in [-0.2, 0) is 14.3 Å². The fourth-order valence-corrected chi connectivity index (χ4v) is 2.33. The molecule has 0 radical (unpaired) electrons. The highest BCUT2D eigenvalue weighted by molar-refractivity contribution is 5.89. The number of amides is 1. The minimum absolute atomic E-state index is 0.261. The molecular weight excluding hydrogens is 320 g/mol. The van der Waals surface area contributed by atoms with Crippen LogP contribution in [0.3, 0.4) is 0 Å². The molecule has 0 heterocycles. The van der Waals surface area contributed by atoms with E-state index in [0.29, 0.717) is 11.3 Å². The molecule has 25 heavy (non-hydrogen) atoms. The van der Waals surface area contributed by atoms with Gasteiger partial charge in [-0.15, -0.1) is 0 Å². The van der Waals surface area contributed by atoms with Gasteiger partial charge >= 0.3 is 12.1 Å². The summed E-state index contributed by atoms with van der Waals surface area (Å²) in [5, 5.41) is 5.82. The highest BCUT2D eigenvalue weighted by Crippen LogP contribution is 2.27. The third kappa shape index (κ3) is 5.24. The Balaban J connectivity index is 2.33. The van der Waals surface area contributed by atoms with E-state index in [-0.39, 0.29) is 13.2 Å². The minimum Gasteiger partial charge on any atom is -0.464 e. The number of hydrogen-bond donors (Lipinski definition) is 2. The van der Waals surface area contributed by atoms with Crippen LogP contribution in [0.15, 0.2) is 54.6 Å². The molecule has 6 nitrogen and oxygen atoms in total. The van der Waals surface area contributed by atoms with Crippen LogP contribution in [0.25, 0.3) is 0 Å². The molecule has 0 bridgehead atoms. The van der Waals surface area contributed by atoms with Crippen molar-refractivity contribution >= 4 is 23.4 Å². The molecule has 0 saturated carbocycles. The summed E-state index contributed by atoms with van der Waals surface area (Å²) in [4.78, 5) is 24.3. The zero-order chi connectivity index (χ0) is 18.1. The Morgan fingerprint density at radius 3 is 2.24 bits per heavy atom.